The molecule has 98 valence electrons. The Morgan fingerprint density at radius 3 is 1.81 bits per heavy atom. The van der Waals surface area contributed by atoms with Crippen molar-refractivity contribution in [2.75, 3.05) is 6.61 Å². The molecule has 0 fully saturated rings. The summed E-state index contributed by atoms with van der Waals surface area (Å²) in [6, 6.07) is 0. The smallest absolute Gasteiger partial charge is 0.0787 e. The maximum atomic E-state index is 6.04. The van der Waals surface area contributed by atoms with E-state index in [2.05, 4.69) is 41.5 Å². The van der Waals surface area contributed by atoms with Crippen molar-refractivity contribution in [2.45, 2.75) is 79.6 Å². The van der Waals surface area contributed by atoms with Gasteiger partial charge in [0.05, 0.1) is 24.4 Å². The van der Waals surface area contributed by atoms with E-state index in [9.17, 15) is 0 Å². The van der Waals surface area contributed by atoms with Crippen LogP contribution in [0.1, 0.15) is 61.8 Å². The second-order valence-electron chi connectivity index (χ2n) is 6.81. The molecule has 0 aromatic heterocycles. The highest BCUT2D eigenvalue weighted by Gasteiger charge is 2.27. The Bertz CT molecular complexity index is 189. The Balaban J connectivity index is 4.05. The number of ether oxygens (including phenoxy) is 2. The molecule has 16 heavy (non-hydrogen) atoms. The van der Waals surface area contributed by atoms with Crippen LogP contribution in [0.2, 0.25) is 0 Å². The molecule has 0 saturated heterocycles. The van der Waals surface area contributed by atoms with E-state index < -0.39 is 0 Å². The fraction of sp³-hybridized carbons (Fsp3) is 1.00. The number of hydrogen-bond donors (Lipinski definition) is 0. The van der Waals surface area contributed by atoms with Gasteiger partial charge in [-0.1, -0.05) is 20.8 Å². The minimum absolute atomic E-state index is 0.0853. The molecular formula is C14H30O2. The molecule has 0 radical (unpaired) electrons. The van der Waals surface area contributed by atoms with E-state index in [1.165, 1.54) is 0 Å². The van der Waals surface area contributed by atoms with E-state index >= 15 is 0 Å². The van der Waals surface area contributed by atoms with Gasteiger partial charge in [0.1, 0.15) is 0 Å². The topological polar surface area (TPSA) is 18.5 Å². The lowest BCUT2D eigenvalue weighted by molar-refractivity contribution is -0.114. The number of rotatable bonds is 6. The van der Waals surface area contributed by atoms with Gasteiger partial charge >= 0.3 is 0 Å². The first-order valence-corrected chi connectivity index (χ1v) is 6.31. The van der Waals surface area contributed by atoms with Gasteiger partial charge in [0.25, 0.3) is 0 Å². The molecule has 0 heterocycles. The Morgan fingerprint density at radius 2 is 1.44 bits per heavy atom. The van der Waals surface area contributed by atoms with Gasteiger partial charge in [-0.3, -0.25) is 0 Å². The third kappa shape index (κ3) is 9.17. The van der Waals surface area contributed by atoms with E-state index in [0.717, 1.165) is 6.42 Å². The second-order valence-corrected chi connectivity index (χ2v) is 6.81. The Morgan fingerprint density at radius 1 is 0.938 bits per heavy atom. The average Bonchev–Trinajstić information content (AvgIpc) is 1.94. The van der Waals surface area contributed by atoms with E-state index in [4.69, 9.17) is 9.47 Å². The first kappa shape index (κ1) is 15.9. The highest BCUT2D eigenvalue weighted by molar-refractivity contribution is 4.78. The zero-order chi connectivity index (χ0) is 13.0. The van der Waals surface area contributed by atoms with Crippen LogP contribution >= 0.6 is 0 Å². The molecule has 0 saturated carbocycles. The molecule has 0 aromatic carbocycles. The van der Waals surface area contributed by atoms with Crippen LogP contribution in [0.5, 0.6) is 0 Å². The lowest BCUT2D eigenvalue weighted by atomic mass is 9.83. The first-order chi connectivity index (χ1) is 7.02. The molecular weight excluding hydrogens is 200 g/mol. The van der Waals surface area contributed by atoms with E-state index in [1.54, 1.807) is 0 Å². The zero-order valence-electron chi connectivity index (χ0n) is 12.4. The summed E-state index contributed by atoms with van der Waals surface area (Å²) in [5.41, 5.74) is 0.208. The van der Waals surface area contributed by atoms with Crippen LogP contribution in [-0.2, 0) is 9.47 Å². The van der Waals surface area contributed by atoms with Crippen molar-refractivity contribution in [3.8, 4) is 0 Å². The third-order valence-electron chi connectivity index (χ3n) is 2.14. The molecule has 0 rings (SSSR count). The highest BCUT2D eigenvalue weighted by Crippen LogP contribution is 2.30. The SMILES string of the molecule is CC(C)OCC(C)OC(C)(C)CC(C)(C)C. The summed E-state index contributed by atoms with van der Waals surface area (Å²) >= 11 is 0. The zero-order valence-corrected chi connectivity index (χ0v) is 12.4. The Kier molecular flexibility index (Phi) is 5.99. The van der Waals surface area contributed by atoms with E-state index in [1.807, 2.05) is 13.8 Å². The summed E-state index contributed by atoms with van der Waals surface area (Å²) in [6.07, 6.45) is 1.47. The minimum atomic E-state index is -0.0853. The van der Waals surface area contributed by atoms with Crippen LogP contribution in [0.25, 0.3) is 0 Å². The van der Waals surface area contributed by atoms with Gasteiger partial charge in [0.2, 0.25) is 0 Å². The predicted molar refractivity (Wildman–Crippen MR) is 69.8 cm³/mol. The molecule has 0 amide bonds. The van der Waals surface area contributed by atoms with Crippen LogP contribution in [0.15, 0.2) is 0 Å². The molecule has 1 unspecified atom stereocenters. The van der Waals surface area contributed by atoms with Gasteiger partial charge in [-0.05, 0) is 46.5 Å². The Labute approximate surface area is 102 Å². The van der Waals surface area contributed by atoms with Gasteiger partial charge in [0.15, 0.2) is 0 Å². The van der Waals surface area contributed by atoms with Gasteiger partial charge in [0, 0.05) is 0 Å². The van der Waals surface area contributed by atoms with Crippen molar-refractivity contribution in [3.05, 3.63) is 0 Å². The molecule has 2 heteroatoms. The van der Waals surface area contributed by atoms with Gasteiger partial charge in [-0.15, -0.1) is 0 Å². The lowest BCUT2D eigenvalue weighted by Crippen LogP contribution is -2.35. The summed E-state index contributed by atoms with van der Waals surface area (Å²) in [5.74, 6) is 0. The largest absolute Gasteiger partial charge is 0.376 e. The fourth-order valence-corrected chi connectivity index (χ4v) is 2.23. The molecule has 0 aliphatic heterocycles. The van der Waals surface area contributed by atoms with Crippen molar-refractivity contribution in [2.24, 2.45) is 5.41 Å². The normalized spacial score (nSPS) is 15.6. The van der Waals surface area contributed by atoms with Crippen LogP contribution in [0.4, 0.5) is 0 Å². The molecule has 0 aliphatic rings. The van der Waals surface area contributed by atoms with Gasteiger partial charge in [-0.2, -0.15) is 0 Å². The average molecular weight is 230 g/mol. The monoisotopic (exact) mass is 230 g/mol. The third-order valence-corrected chi connectivity index (χ3v) is 2.14. The van der Waals surface area contributed by atoms with Crippen molar-refractivity contribution in [1.82, 2.24) is 0 Å². The minimum Gasteiger partial charge on any atom is -0.376 e. The second kappa shape index (κ2) is 6.02. The first-order valence-electron chi connectivity index (χ1n) is 6.31. The van der Waals surface area contributed by atoms with Crippen molar-refractivity contribution >= 4 is 0 Å². The van der Waals surface area contributed by atoms with Crippen molar-refractivity contribution < 1.29 is 9.47 Å². The van der Waals surface area contributed by atoms with Gasteiger partial charge < -0.3 is 9.47 Å². The fourth-order valence-electron chi connectivity index (χ4n) is 2.23. The maximum absolute atomic E-state index is 6.04. The quantitative estimate of drug-likeness (QED) is 0.686. The Hall–Kier alpha value is -0.0800. The molecule has 0 bridgehead atoms. The molecule has 0 aromatic rings. The maximum Gasteiger partial charge on any atom is 0.0787 e. The van der Waals surface area contributed by atoms with Crippen molar-refractivity contribution in [1.29, 1.82) is 0 Å². The van der Waals surface area contributed by atoms with Crippen molar-refractivity contribution in [3.63, 3.8) is 0 Å². The van der Waals surface area contributed by atoms with Crippen LogP contribution in [0, 0.1) is 5.41 Å². The van der Waals surface area contributed by atoms with Crippen LogP contribution < -0.4 is 0 Å². The standard InChI is InChI=1S/C14H30O2/c1-11(2)15-9-12(3)16-14(7,8)10-13(4,5)6/h11-12H,9-10H2,1-8H3. The van der Waals surface area contributed by atoms with Crippen LogP contribution in [-0.4, -0.2) is 24.4 Å². The summed E-state index contributed by atoms with van der Waals surface area (Å²) in [6.45, 7) is 17.9. The highest BCUT2D eigenvalue weighted by atomic mass is 16.5. The predicted octanol–water partition coefficient (Wildman–Crippen LogP) is 4.03. The summed E-state index contributed by atoms with van der Waals surface area (Å²) in [5, 5.41) is 0. The van der Waals surface area contributed by atoms with E-state index in [0.29, 0.717) is 12.0 Å². The molecule has 2 nitrogen and oxygen atoms in total. The number of hydrogen-bond acceptors (Lipinski definition) is 2. The molecule has 0 spiro atoms. The van der Waals surface area contributed by atoms with Crippen LogP contribution in [0.3, 0.4) is 0 Å². The summed E-state index contributed by atoms with van der Waals surface area (Å²) < 4.78 is 11.6. The summed E-state index contributed by atoms with van der Waals surface area (Å²) in [4.78, 5) is 0. The molecule has 1 atom stereocenters. The van der Waals surface area contributed by atoms with Gasteiger partial charge in [-0.25, -0.2) is 0 Å². The molecule has 0 aliphatic carbocycles. The van der Waals surface area contributed by atoms with E-state index in [-0.39, 0.29) is 17.8 Å². The summed E-state index contributed by atoms with van der Waals surface area (Å²) in [7, 11) is 0. The lowest BCUT2D eigenvalue weighted by Gasteiger charge is -2.35. The molecule has 0 N–H and O–H groups in total.